The topological polar surface area (TPSA) is 70.6 Å². The van der Waals surface area contributed by atoms with E-state index in [0.717, 1.165) is 12.0 Å². The number of nitrogens with one attached hydrogen (secondary N) is 2. The number of carbonyl (C=O) groups excluding carboxylic acids is 1. The van der Waals surface area contributed by atoms with Gasteiger partial charge in [-0.05, 0) is 32.3 Å². The van der Waals surface area contributed by atoms with Gasteiger partial charge in [0.25, 0.3) is 0 Å². The van der Waals surface area contributed by atoms with E-state index in [4.69, 9.17) is 4.74 Å². The largest absolute Gasteiger partial charge is 0.393 e. The average molecular weight is 306 g/mol. The Kier molecular flexibility index (Phi) is 6.21. The van der Waals surface area contributed by atoms with Gasteiger partial charge >= 0.3 is 6.03 Å². The lowest BCUT2D eigenvalue weighted by Crippen LogP contribution is -2.46. The normalized spacial score (nSPS) is 23.8. The van der Waals surface area contributed by atoms with Crippen molar-refractivity contribution in [2.75, 3.05) is 13.2 Å². The average Bonchev–Trinajstić information content (AvgIpc) is 2.89. The molecule has 1 aromatic carbocycles. The van der Waals surface area contributed by atoms with Crippen molar-refractivity contribution in [1.29, 1.82) is 0 Å². The van der Waals surface area contributed by atoms with Gasteiger partial charge in [-0.2, -0.15) is 0 Å². The van der Waals surface area contributed by atoms with Crippen LogP contribution in [-0.2, 0) is 4.74 Å². The Balaban J connectivity index is 1.86. The Morgan fingerprint density at radius 1 is 1.41 bits per heavy atom. The van der Waals surface area contributed by atoms with Gasteiger partial charge < -0.3 is 20.5 Å². The van der Waals surface area contributed by atoms with Gasteiger partial charge in [0.2, 0.25) is 0 Å². The monoisotopic (exact) mass is 306 g/mol. The summed E-state index contributed by atoms with van der Waals surface area (Å²) in [6.45, 7) is 4.94. The number of rotatable bonds is 6. The Bertz CT molecular complexity index is 464. The highest BCUT2D eigenvalue weighted by molar-refractivity contribution is 5.74. The van der Waals surface area contributed by atoms with Crippen molar-refractivity contribution in [2.45, 2.75) is 50.9 Å². The summed E-state index contributed by atoms with van der Waals surface area (Å²) < 4.78 is 5.44. The van der Waals surface area contributed by atoms with Gasteiger partial charge in [-0.3, -0.25) is 0 Å². The van der Waals surface area contributed by atoms with E-state index in [1.54, 1.807) is 6.92 Å². The first-order valence-corrected chi connectivity index (χ1v) is 7.95. The predicted octanol–water partition coefficient (Wildman–Crippen LogP) is 2.02. The van der Waals surface area contributed by atoms with Crippen LogP contribution in [0.3, 0.4) is 0 Å². The second kappa shape index (κ2) is 8.15. The molecular formula is C17H26N2O3. The minimum Gasteiger partial charge on any atom is -0.393 e. The SMILES string of the molecule is CC(O)CC(CNC(=O)NC1CCOC1C)c1ccccc1. The van der Waals surface area contributed by atoms with E-state index < -0.39 is 6.10 Å². The number of amides is 2. The van der Waals surface area contributed by atoms with E-state index in [1.807, 2.05) is 37.3 Å². The molecule has 1 aromatic rings. The molecule has 4 unspecified atom stereocenters. The summed E-state index contributed by atoms with van der Waals surface area (Å²) in [5.41, 5.74) is 1.13. The van der Waals surface area contributed by atoms with E-state index in [0.29, 0.717) is 19.6 Å². The number of ether oxygens (including phenoxy) is 1. The Morgan fingerprint density at radius 3 is 2.73 bits per heavy atom. The van der Waals surface area contributed by atoms with Crippen molar-refractivity contribution < 1.29 is 14.6 Å². The van der Waals surface area contributed by atoms with Crippen molar-refractivity contribution >= 4 is 6.03 Å². The zero-order chi connectivity index (χ0) is 15.9. The van der Waals surface area contributed by atoms with Crippen LogP contribution in [0.4, 0.5) is 4.79 Å². The highest BCUT2D eigenvalue weighted by Crippen LogP contribution is 2.20. The molecule has 0 saturated carbocycles. The maximum absolute atomic E-state index is 12.0. The zero-order valence-electron chi connectivity index (χ0n) is 13.3. The molecule has 1 saturated heterocycles. The molecule has 0 aliphatic carbocycles. The van der Waals surface area contributed by atoms with E-state index >= 15 is 0 Å². The van der Waals surface area contributed by atoms with Gasteiger partial charge in [-0.15, -0.1) is 0 Å². The third kappa shape index (κ3) is 5.00. The van der Waals surface area contributed by atoms with Crippen LogP contribution in [-0.4, -0.2) is 42.5 Å². The molecule has 1 fully saturated rings. The molecular weight excluding hydrogens is 280 g/mol. The lowest BCUT2D eigenvalue weighted by molar-refractivity contribution is 0.114. The number of hydrogen-bond acceptors (Lipinski definition) is 3. The molecule has 1 aliphatic rings. The summed E-state index contributed by atoms with van der Waals surface area (Å²) in [7, 11) is 0. The van der Waals surface area contributed by atoms with Crippen LogP contribution < -0.4 is 10.6 Å². The molecule has 0 aromatic heterocycles. The fourth-order valence-electron chi connectivity index (χ4n) is 2.83. The van der Waals surface area contributed by atoms with Gasteiger partial charge in [0.05, 0.1) is 18.2 Å². The highest BCUT2D eigenvalue weighted by Gasteiger charge is 2.25. The Morgan fingerprint density at radius 2 is 2.14 bits per heavy atom. The minimum atomic E-state index is -0.404. The Labute approximate surface area is 132 Å². The standard InChI is InChI=1S/C17H26N2O3/c1-12(20)10-15(14-6-4-3-5-7-14)11-18-17(21)19-16-8-9-22-13(16)2/h3-7,12-13,15-16,20H,8-11H2,1-2H3,(H2,18,19,21). The number of carbonyl (C=O) groups is 1. The van der Waals surface area contributed by atoms with Gasteiger partial charge in [0.1, 0.15) is 0 Å². The second-order valence-corrected chi connectivity index (χ2v) is 6.02. The van der Waals surface area contributed by atoms with Crippen molar-refractivity contribution in [3.63, 3.8) is 0 Å². The van der Waals surface area contributed by atoms with Crippen LogP contribution in [0.5, 0.6) is 0 Å². The van der Waals surface area contributed by atoms with E-state index in [2.05, 4.69) is 10.6 Å². The maximum atomic E-state index is 12.0. The van der Waals surface area contributed by atoms with E-state index in [-0.39, 0.29) is 24.1 Å². The lowest BCUT2D eigenvalue weighted by atomic mass is 9.93. The van der Waals surface area contributed by atoms with Crippen LogP contribution in [0.2, 0.25) is 0 Å². The van der Waals surface area contributed by atoms with Gasteiger partial charge in [0, 0.05) is 19.1 Å². The van der Waals surface area contributed by atoms with Crippen molar-refractivity contribution in [3.8, 4) is 0 Å². The smallest absolute Gasteiger partial charge is 0.315 e. The van der Waals surface area contributed by atoms with Crippen LogP contribution in [0.1, 0.15) is 38.2 Å². The third-order valence-electron chi connectivity index (χ3n) is 4.10. The number of urea groups is 1. The van der Waals surface area contributed by atoms with Gasteiger partial charge in [-0.1, -0.05) is 30.3 Å². The summed E-state index contributed by atoms with van der Waals surface area (Å²) >= 11 is 0. The number of aliphatic hydroxyl groups is 1. The minimum absolute atomic E-state index is 0.0631. The van der Waals surface area contributed by atoms with E-state index in [9.17, 15) is 9.90 Å². The number of aliphatic hydroxyl groups excluding tert-OH is 1. The maximum Gasteiger partial charge on any atom is 0.315 e. The summed E-state index contributed by atoms with van der Waals surface area (Å²) in [6.07, 6.45) is 1.13. The summed E-state index contributed by atoms with van der Waals surface area (Å²) in [6, 6.07) is 9.87. The number of hydrogen-bond donors (Lipinski definition) is 3. The Hall–Kier alpha value is -1.59. The molecule has 0 radical (unpaired) electrons. The first-order valence-electron chi connectivity index (χ1n) is 7.95. The molecule has 2 rings (SSSR count). The molecule has 0 spiro atoms. The third-order valence-corrected chi connectivity index (χ3v) is 4.10. The van der Waals surface area contributed by atoms with Crippen molar-refractivity contribution in [1.82, 2.24) is 10.6 Å². The van der Waals surface area contributed by atoms with Crippen LogP contribution in [0.25, 0.3) is 0 Å². The zero-order valence-corrected chi connectivity index (χ0v) is 13.3. The van der Waals surface area contributed by atoms with Gasteiger partial charge in [0.15, 0.2) is 0 Å². The molecule has 1 aliphatic heterocycles. The fraction of sp³-hybridized carbons (Fsp3) is 0.588. The van der Waals surface area contributed by atoms with Crippen LogP contribution in [0.15, 0.2) is 30.3 Å². The molecule has 122 valence electrons. The first-order chi connectivity index (χ1) is 10.6. The molecule has 3 N–H and O–H groups in total. The van der Waals surface area contributed by atoms with Gasteiger partial charge in [-0.25, -0.2) is 4.79 Å². The second-order valence-electron chi connectivity index (χ2n) is 6.02. The summed E-state index contributed by atoms with van der Waals surface area (Å²) in [5, 5.41) is 15.5. The lowest BCUT2D eigenvalue weighted by Gasteiger charge is -2.21. The fourth-order valence-corrected chi connectivity index (χ4v) is 2.83. The molecule has 5 heteroatoms. The number of benzene rings is 1. The van der Waals surface area contributed by atoms with Crippen molar-refractivity contribution in [3.05, 3.63) is 35.9 Å². The molecule has 5 nitrogen and oxygen atoms in total. The molecule has 1 heterocycles. The predicted molar refractivity (Wildman–Crippen MR) is 85.8 cm³/mol. The molecule has 22 heavy (non-hydrogen) atoms. The molecule has 0 bridgehead atoms. The van der Waals surface area contributed by atoms with E-state index in [1.165, 1.54) is 0 Å². The first kappa shape index (κ1) is 16.8. The van der Waals surface area contributed by atoms with Crippen LogP contribution in [0, 0.1) is 0 Å². The molecule has 4 atom stereocenters. The summed E-state index contributed by atoms with van der Waals surface area (Å²) in [5.74, 6) is 0.101. The van der Waals surface area contributed by atoms with Crippen molar-refractivity contribution in [2.24, 2.45) is 0 Å². The highest BCUT2D eigenvalue weighted by atomic mass is 16.5. The van der Waals surface area contributed by atoms with Crippen LogP contribution >= 0.6 is 0 Å². The quantitative estimate of drug-likeness (QED) is 0.753. The summed E-state index contributed by atoms with van der Waals surface area (Å²) in [4.78, 5) is 12.0. The molecule has 2 amide bonds.